The molecule has 3 rings (SSSR count). The standard InChI is InChI=1S/C17H15N3O7/c1-25-12-7-6-11-13(14(12)26-2)17(22)27-16(11)19-18-15(21)9-4-3-5-10(8-9)20(23)24/h3-8,16,19H,1-2H3,(H,18,21). The molecule has 1 aliphatic rings. The van der Waals surface area contributed by atoms with Gasteiger partial charge in [0.05, 0.1) is 19.1 Å². The highest BCUT2D eigenvalue weighted by atomic mass is 16.6. The number of non-ortho nitro benzene ring substituents is 1. The second-order valence-corrected chi connectivity index (χ2v) is 5.46. The number of fused-ring (bicyclic) bond motifs is 1. The van der Waals surface area contributed by atoms with Crippen LogP contribution in [0.25, 0.3) is 0 Å². The van der Waals surface area contributed by atoms with Gasteiger partial charge >= 0.3 is 5.97 Å². The van der Waals surface area contributed by atoms with Crippen LogP contribution in [0.3, 0.4) is 0 Å². The molecule has 0 fully saturated rings. The second kappa shape index (κ2) is 7.30. The number of carbonyl (C=O) groups excluding carboxylic acids is 2. The van der Waals surface area contributed by atoms with Crippen molar-refractivity contribution in [1.82, 2.24) is 10.9 Å². The first-order valence-corrected chi connectivity index (χ1v) is 7.72. The summed E-state index contributed by atoms with van der Waals surface area (Å²) in [5.41, 5.74) is 5.48. The highest BCUT2D eigenvalue weighted by Gasteiger charge is 2.36. The molecule has 0 spiro atoms. The van der Waals surface area contributed by atoms with Crippen LogP contribution in [0.2, 0.25) is 0 Å². The number of nitrogens with zero attached hydrogens (tertiary/aromatic N) is 1. The third-order valence-corrected chi connectivity index (χ3v) is 3.93. The molecule has 2 aromatic carbocycles. The summed E-state index contributed by atoms with van der Waals surface area (Å²) in [7, 11) is 2.84. The molecule has 10 heteroatoms. The normalized spacial score (nSPS) is 14.9. The minimum atomic E-state index is -0.949. The maximum absolute atomic E-state index is 12.2. The average Bonchev–Trinajstić information content (AvgIpc) is 3.01. The number of hydrazine groups is 1. The molecular weight excluding hydrogens is 358 g/mol. The third kappa shape index (κ3) is 3.37. The number of cyclic esters (lactones) is 1. The molecule has 0 bridgehead atoms. The van der Waals surface area contributed by atoms with E-state index in [1.807, 2.05) is 0 Å². The number of rotatable bonds is 6. The number of amides is 1. The monoisotopic (exact) mass is 373 g/mol. The zero-order valence-corrected chi connectivity index (χ0v) is 14.3. The molecule has 0 aliphatic carbocycles. The quantitative estimate of drug-likeness (QED) is 0.445. The van der Waals surface area contributed by atoms with Crippen molar-refractivity contribution < 1.29 is 28.7 Å². The summed E-state index contributed by atoms with van der Waals surface area (Å²) in [6.45, 7) is 0. The highest BCUT2D eigenvalue weighted by molar-refractivity contribution is 5.98. The Labute approximate surface area is 153 Å². The molecule has 27 heavy (non-hydrogen) atoms. The molecular formula is C17H15N3O7. The molecule has 0 radical (unpaired) electrons. The maximum atomic E-state index is 12.2. The van der Waals surface area contributed by atoms with Gasteiger partial charge in [0.1, 0.15) is 5.56 Å². The lowest BCUT2D eigenvalue weighted by molar-refractivity contribution is -0.384. The Hall–Kier alpha value is -3.66. The lowest BCUT2D eigenvalue weighted by Gasteiger charge is -2.14. The summed E-state index contributed by atoms with van der Waals surface area (Å²) < 4.78 is 15.6. The van der Waals surface area contributed by atoms with E-state index in [4.69, 9.17) is 14.2 Å². The third-order valence-electron chi connectivity index (χ3n) is 3.93. The first-order chi connectivity index (χ1) is 13.0. The lowest BCUT2D eigenvalue weighted by atomic mass is 10.1. The highest BCUT2D eigenvalue weighted by Crippen LogP contribution is 2.40. The summed E-state index contributed by atoms with van der Waals surface area (Å²) in [4.78, 5) is 34.6. The number of esters is 1. The van der Waals surface area contributed by atoms with Crippen molar-refractivity contribution in [2.45, 2.75) is 6.23 Å². The van der Waals surface area contributed by atoms with Crippen molar-refractivity contribution in [2.75, 3.05) is 14.2 Å². The van der Waals surface area contributed by atoms with Gasteiger partial charge in [-0.15, -0.1) is 0 Å². The minimum absolute atomic E-state index is 0.0774. The van der Waals surface area contributed by atoms with E-state index in [0.717, 1.165) is 6.07 Å². The van der Waals surface area contributed by atoms with Crippen molar-refractivity contribution in [1.29, 1.82) is 0 Å². The Balaban J connectivity index is 1.77. The number of methoxy groups -OCH3 is 2. The van der Waals surface area contributed by atoms with E-state index in [2.05, 4.69) is 10.9 Å². The van der Waals surface area contributed by atoms with E-state index in [1.165, 1.54) is 32.4 Å². The van der Waals surface area contributed by atoms with Crippen LogP contribution in [-0.2, 0) is 4.74 Å². The van der Waals surface area contributed by atoms with E-state index in [-0.39, 0.29) is 22.6 Å². The van der Waals surface area contributed by atoms with Gasteiger partial charge < -0.3 is 14.2 Å². The van der Waals surface area contributed by atoms with Crippen molar-refractivity contribution in [2.24, 2.45) is 0 Å². The predicted molar refractivity (Wildman–Crippen MR) is 91.4 cm³/mol. The summed E-state index contributed by atoms with van der Waals surface area (Å²) in [6, 6.07) is 8.45. The van der Waals surface area contributed by atoms with Gasteiger partial charge in [-0.25, -0.2) is 4.79 Å². The van der Waals surface area contributed by atoms with Crippen LogP contribution in [0.5, 0.6) is 11.5 Å². The number of nitro benzene ring substituents is 1. The van der Waals surface area contributed by atoms with Crippen LogP contribution >= 0.6 is 0 Å². The van der Waals surface area contributed by atoms with Crippen molar-refractivity contribution in [3.63, 3.8) is 0 Å². The average molecular weight is 373 g/mol. The van der Waals surface area contributed by atoms with Gasteiger partial charge in [-0.3, -0.25) is 20.3 Å². The zero-order valence-electron chi connectivity index (χ0n) is 14.3. The Bertz CT molecular complexity index is 929. The Morgan fingerprint density at radius 1 is 1.22 bits per heavy atom. The number of nitrogens with one attached hydrogen (secondary N) is 2. The molecule has 1 unspecified atom stereocenters. The Morgan fingerprint density at radius 2 is 2.00 bits per heavy atom. The van der Waals surface area contributed by atoms with Gasteiger partial charge in [0.2, 0.25) is 0 Å². The summed E-state index contributed by atoms with van der Waals surface area (Å²) in [5.74, 6) is -0.657. The summed E-state index contributed by atoms with van der Waals surface area (Å²) in [5, 5.41) is 10.8. The van der Waals surface area contributed by atoms with E-state index in [0.29, 0.717) is 11.3 Å². The molecule has 140 valence electrons. The van der Waals surface area contributed by atoms with Crippen LogP contribution in [0.15, 0.2) is 36.4 Å². The number of hydrogen-bond acceptors (Lipinski definition) is 8. The first-order valence-electron chi connectivity index (χ1n) is 7.72. The number of benzene rings is 2. The molecule has 1 aliphatic heterocycles. The summed E-state index contributed by atoms with van der Waals surface area (Å²) in [6.07, 6.45) is -0.949. The van der Waals surface area contributed by atoms with Crippen molar-refractivity contribution in [3.05, 3.63) is 63.2 Å². The van der Waals surface area contributed by atoms with Crippen LogP contribution in [0.1, 0.15) is 32.5 Å². The maximum Gasteiger partial charge on any atom is 0.344 e. The van der Waals surface area contributed by atoms with Crippen LogP contribution in [0, 0.1) is 10.1 Å². The van der Waals surface area contributed by atoms with Gasteiger partial charge in [0, 0.05) is 23.3 Å². The number of nitro groups is 1. The van der Waals surface area contributed by atoms with Crippen molar-refractivity contribution >= 4 is 17.6 Å². The van der Waals surface area contributed by atoms with Gasteiger partial charge in [0.25, 0.3) is 11.6 Å². The molecule has 0 aromatic heterocycles. The van der Waals surface area contributed by atoms with Gasteiger partial charge in [-0.2, -0.15) is 5.43 Å². The molecule has 2 aromatic rings. The van der Waals surface area contributed by atoms with E-state index >= 15 is 0 Å². The fraction of sp³-hybridized carbons (Fsp3) is 0.176. The van der Waals surface area contributed by atoms with Gasteiger partial charge in [-0.05, 0) is 18.2 Å². The van der Waals surface area contributed by atoms with Crippen molar-refractivity contribution in [3.8, 4) is 11.5 Å². The minimum Gasteiger partial charge on any atom is -0.493 e. The zero-order chi connectivity index (χ0) is 19.6. The van der Waals surface area contributed by atoms with Gasteiger partial charge in [0.15, 0.2) is 17.7 Å². The Kier molecular flexibility index (Phi) is 4.90. The fourth-order valence-electron chi connectivity index (χ4n) is 2.67. The number of ether oxygens (including phenoxy) is 3. The lowest BCUT2D eigenvalue weighted by Crippen LogP contribution is -2.40. The molecule has 1 heterocycles. The van der Waals surface area contributed by atoms with E-state index in [1.54, 1.807) is 12.1 Å². The molecule has 1 atom stereocenters. The molecule has 2 N–H and O–H groups in total. The van der Waals surface area contributed by atoms with Gasteiger partial charge in [-0.1, -0.05) is 6.07 Å². The topological polar surface area (TPSA) is 129 Å². The molecule has 10 nitrogen and oxygen atoms in total. The largest absolute Gasteiger partial charge is 0.493 e. The number of hydrogen-bond donors (Lipinski definition) is 2. The molecule has 0 saturated heterocycles. The number of carbonyl (C=O) groups is 2. The van der Waals surface area contributed by atoms with E-state index < -0.39 is 23.0 Å². The predicted octanol–water partition coefficient (Wildman–Crippen LogP) is 1.72. The second-order valence-electron chi connectivity index (χ2n) is 5.46. The smallest absolute Gasteiger partial charge is 0.344 e. The molecule has 1 amide bonds. The Morgan fingerprint density at radius 3 is 2.67 bits per heavy atom. The van der Waals surface area contributed by atoms with Crippen LogP contribution < -0.4 is 20.3 Å². The molecule has 0 saturated carbocycles. The fourth-order valence-corrected chi connectivity index (χ4v) is 2.67. The SMILES string of the molecule is COc1ccc2c(c1OC)C(=O)OC2NNC(=O)c1cccc([N+](=O)[O-])c1. The summed E-state index contributed by atoms with van der Waals surface area (Å²) >= 11 is 0. The van der Waals surface area contributed by atoms with Crippen LogP contribution in [0.4, 0.5) is 5.69 Å². The van der Waals surface area contributed by atoms with E-state index in [9.17, 15) is 19.7 Å². The first kappa shape index (κ1) is 18.1. The van der Waals surface area contributed by atoms with Crippen LogP contribution in [-0.4, -0.2) is 31.0 Å².